The normalized spacial score (nSPS) is 15.0. The van der Waals surface area contributed by atoms with Gasteiger partial charge in [-0.25, -0.2) is 0 Å². The molecule has 2 rings (SSSR count). The Balaban J connectivity index is 1.94. The Bertz CT molecular complexity index is 493. The van der Waals surface area contributed by atoms with Crippen LogP contribution in [0.2, 0.25) is 0 Å². The quantitative estimate of drug-likeness (QED) is 0.785. The van der Waals surface area contributed by atoms with E-state index in [2.05, 4.69) is 0 Å². The Kier molecular flexibility index (Phi) is 5.20. The summed E-state index contributed by atoms with van der Waals surface area (Å²) in [5.41, 5.74) is 7.37. The fraction of sp³-hybridized carbons (Fsp3) is 0.500. The molecule has 0 spiro atoms. The number of amides is 1. The lowest BCUT2D eigenvalue weighted by atomic mass is 10.1. The summed E-state index contributed by atoms with van der Waals surface area (Å²) in [6.45, 7) is -0.189. The zero-order chi connectivity index (χ0) is 15.2. The summed E-state index contributed by atoms with van der Waals surface area (Å²) in [6, 6.07) is 7.52. The van der Waals surface area contributed by atoms with Crippen LogP contribution in [0.25, 0.3) is 0 Å². The number of nitrogens with two attached hydrogens (primary N) is 1. The number of nitrogens with zero attached hydrogens (tertiary/aromatic N) is 1. The van der Waals surface area contributed by atoms with Gasteiger partial charge in [0.1, 0.15) is 6.54 Å². The Morgan fingerprint density at radius 2 is 1.81 bits per heavy atom. The van der Waals surface area contributed by atoms with Gasteiger partial charge in [-0.1, -0.05) is 25.0 Å². The molecule has 0 aliphatic heterocycles. The number of carboxylic acid groups (broad SMARTS) is 1. The average Bonchev–Trinajstić information content (AvgIpc) is 2.97. The second-order valence-corrected chi connectivity index (χ2v) is 5.60. The summed E-state index contributed by atoms with van der Waals surface area (Å²) in [5.74, 6) is -1.01. The molecule has 0 bridgehead atoms. The molecule has 0 heterocycles. The van der Waals surface area contributed by atoms with Crippen molar-refractivity contribution < 1.29 is 14.7 Å². The Hall–Kier alpha value is -2.04. The van der Waals surface area contributed by atoms with Crippen LogP contribution >= 0.6 is 0 Å². The molecule has 0 atom stereocenters. The second kappa shape index (κ2) is 7.11. The van der Waals surface area contributed by atoms with Gasteiger partial charge in [-0.15, -0.1) is 0 Å². The predicted octanol–water partition coefficient (Wildman–Crippen LogP) is 2.06. The maximum atomic E-state index is 12.3. The van der Waals surface area contributed by atoms with Crippen LogP contribution in [-0.2, 0) is 16.0 Å². The molecule has 0 radical (unpaired) electrons. The minimum atomic E-state index is -0.942. The van der Waals surface area contributed by atoms with E-state index in [0.717, 1.165) is 31.2 Å². The topological polar surface area (TPSA) is 83.6 Å². The number of aliphatic carboxylic acids is 1. The molecule has 114 valence electrons. The maximum absolute atomic E-state index is 12.3. The largest absolute Gasteiger partial charge is 0.480 e. The number of anilines is 1. The zero-order valence-electron chi connectivity index (χ0n) is 12.1. The first-order valence-electron chi connectivity index (χ1n) is 7.42. The summed E-state index contributed by atoms with van der Waals surface area (Å²) in [6.07, 6.45) is 4.94. The Labute approximate surface area is 124 Å². The molecular weight excluding hydrogens is 268 g/mol. The number of benzene rings is 1. The number of carbonyl (C=O) groups excluding carboxylic acids is 1. The summed E-state index contributed by atoms with van der Waals surface area (Å²) in [5, 5.41) is 9.00. The van der Waals surface area contributed by atoms with Crippen LogP contribution < -0.4 is 5.73 Å². The van der Waals surface area contributed by atoms with Crippen molar-refractivity contribution in [1.82, 2.24) is 4.90 Å². The lowest BCUT2D eigenvalue weighted by molar-refractivity contribution is -0.146. The molecule has 1 amide bonds. The molecule has 1 aromatic rings. The number of rotatable bonds is 6. The van der Waals surface area contributed by atoms with E-state index in [4.69, 9.17) is 10.8 Å². The Morgan fingerprint density at radius 3 is 2.38 bits per heavy atom. The van der Waals surface area contributed by atoms with Crippen LogP contribution in [0.15, 0.2) is 24.3 Å². The molecule has 1 fully saturated rings. The number of nitrogen functional groups attached to an aromatic ring is 1. The molecule has 0 saturated heterocycles. The first kappa shape index (κ1) is 15.4. The van der Waals surface area contributed by atoms with Crippen LogP contribution in [0.5, 0.6) is 0 Å². The van der Waals surface area contributed by atoms with Crippen LogP contribution in [0.1, 0.15) is 37.7 Å². The van der Waals surface area contributed by atoms with Gasteiger partial charge >= 0.3 is 5.97 Å². The minimum absolute atomic E-state index is 0.0684. The van der Waals surface area contributed by atoms with Crippen molar-refractivity contribution >= 4 is 17.6 Å². The van der Waals surface area contributed by atoms with Crippen LogP contribution in [0.4, 0.5) is 5.69 Å². The van der Waals surface area contributed by atoms with Gasteiger partial charge in [0.05, 0.1) is 0 Å². The summed E-state index contributed by atoms with van der Waals surface area (Å²) in [7, 11) is 0. The standard InChI is InChI=1S/C16H22N2O3/c17-13-8-5-12(6-9-13)7-10-15(19)18(11-16(20)21)14-3-1-2-4-14/h5-6,8-9,14H,1-4,7,10-11,17H2,(H,20,21). The molecule has 1 saturated carbocycles. The average molecular weight is 290 g/mol. The second-order valence-electron chi connectivity index (χ2n) is 5.60. The van der Waals surface area contributed by atoms with Crippen LogP contribution in [-0.4, -0.2) is 34.5 Å². The molecule has 0 aromatic heterocycles. The van der Waals surface area contributed by atoms with Crippen molar-refractivity contribution in [2.45, 2.75) is 44.6 Å². The van der Waals surface area contributed by atoms with Gasteiger partial charge < -0.3 is 15.7 Å². The highest BCUT2D eigenvalue weighted by molar-refractivity contribution is 5.81. The molecule has 21 heavy (non-hydrogen) atoms. The SMILES string of the molecule is Nc1ccc(CCC(=O)N(CC(=O)O)C2CCCC2)cc1. The summed E-state index contributed by atoms with van der Waals surface area (Å²) in [4.78, 5) is 24.9. The van der Waals surface area contributed by atoms with Crippen molar-refractivity contribution in [1.29, 1.82) is 0 Å². The molecule has 5 heteroatoms. The van der Waals surface area contributed by atoms with Gasteiger partial charge in [0, 0.05) is 18.2 Å². The lowest BCUT2D eigenvalue weighted by Crippen LogP contribution is -2.42. The van der Waals surface area contributed by atoms with Crippen molar-refractivity contribution in [2.24, 2.45) is 0 Å². The van der Waals surface area contributed by atoms with E-state index in [1.807, 2.05) is 24.3 Å². The number of carboxylic acids is 1. The van der Waals surface area contributed by atoms with Gasteiger partial charge in [-0.3, -0.25) is 9.59 Å². The maximum Gasteiger partial charge on any atom is 0.323 e. The highest BCUT2D eigenvalue weighted by atomic mass is 16.4. The number of carbonyl (C=O) groups is 2. The van der Waals surface area contributed by atoms with Crippen molar-refractivity contribution in [3.05, 3.63) is 29.8 Å². The number of hydrogen-bond acceptors (Lipinski definition) is 3. The van der Waals surface area contributed by atoms with Gasteiger partial charge in [-0.05, 0) is 37.0 Å². The van der Waals surface area contributed by atoms with Crippen molar-refractivity contribution in [3.63, 3.8) is 0 Å². The van der Waals surface area contributed by atoms with Crippen LogP contribution in [0.3, 0.4) is 0 Å². The number of aryl methyl sites for hydroxylation is 1. The highest BCUT2D eigenvalue weighted by Gasteiger charge is 2.27. The smallest absolute Gasteiger partial charge is 0.323 e. The van der Waals surface area contributed by atoms with Crippen molar-refractivity contribution in [3.8, 4) is 0 Å². The fourth-order valence-corrected chi connectivity index (χ4v) is 2.86. The molecule has 3 N–H and O–H groups in total. The Morgan fingerprint density at radius 1 is 1.19 bits per heavy atom. The predicted molar refractivity (Wildman–Crippen MR) is 80.8 cm³/mol. The molecule has 0 unspecified atom stereocenters. The van der Waals surface area contributed by atoms with Crippen molar-refractivity contribution in [2.75, 3.05) is 12.3 Å². The van der Waals surface area contributed by atoms with E-state index < -0.39 is 5.97 Å². The van der Waals surface area contributed by atoms with E-state index in [1.54, 1.807) is 4.90 Å². The third-order valence-corrected chi connectivity index (χ3v) is 4.00. The molecule has 1 aliphatic carbocycles. The molecule has 5 nitrogen and oxygen atoms in total. The van der Waals surface area contributed by atoms with Gasteiger partial charge in [-0.2, -0.15) is 0 Å². The van der Waals surface area contributed by atoms with Gasteiger partial charge in [0.25, 0.3) is 0 Å². The molecular formula is C16H22N2O3. The van der Waals surface area contributed by atoms with E-state index in [0.29, 0.717) is 18.5 Å². The van der Waals surface area contributed by atoms with E-state index in [9.17, 15) is 9.59 Å². The van der Waals surface area contributed by atoms with E-state index in [1.165, 1.54) is 0 Å². The fourth-order valence-electron chi connectivity index (χ4n) is 2.86. The first-order chi connectivity index (χ1) is 10.1. The minimum Gasteiger partial charge on any atom is -0.480 e. The number of hydrogen-bond donors (Lipinski definition) is 2. The molecule has 1 aliphatic rings. The van der Waals surface area contributed by atoms with Gasteiger partial charge in [0.2, 0.25) is 5.91 Å². The zero-order valence-corrected chi connectivity index (χ0v) is 12.1. The first-order valence-corrected chi connectivity index (χ1v) is 7.42. The van der Waals surface area contributed by atoms with E-state index >= 15 is 0 Å². The summed E-state index contributed by atoms with van der Waals surface area (Å²) >= 11 is 0. The van der Waals surface area contributed by atoms with Crippen LogP contribution in [0, 0.1) is 0 Å². The lowest BCUT2D eigenvalue weighted by Gasteiger charge is -2.27. The van der Waals surface area contributed by atoms with Gasteiger partial charge in [0.15, 0.2) is 0 Å². The molecule has 1 aromatic carbocycles. The third kappa shape index (κ3) is 4.48. The summed E-state index contributed by atoms with van der Waals surface area (Å²) < 4.78 is 0. The monoisotopic (exact) mass is 290 g/mol. The van der Waals surface area contributed by atoms with E-state index in [-0.39, 0.29) is 18.5 Å². The highest BCUT2D eigenvalue weighted by Crippen LogP contribution is 2.24. The third-order valence-electron chi connectivity index (χ3n) is 4.00.